The summed E-state index contributed by atoms with van der Waals surface area (Å²) in [6.07, 6.45) is 5.66. The Labute approximate surface area is 192 Å². The Kier molecular flexibility index (Phi) is 6.03. The van der Waals surface area contributed by atoms with Crippen LogP contribution in [0.2, 0.25) is 0 Å². The average Bonchev–Trinajstić information content (AvgIpc) is 3.16. The predicted octanol–water partition coefficient (Wildman–Crippen LogP) is 5.85. The van der Waals surface area contributed by atoms with E-state index >= 15 is 0 Å². The number of nitrogens with one attached hydrogen (secondary N) is 2. The van der Waals surface area contributed by atoms with Crippen LogP contribution in [0.5, 0.6) is 0 Å². The Bertz CT molecular complexity index is 1130. The van der Waals surface area contributed by atoms with Crippen molar-refractivity contribution in [3.8, 4) is 0 Å². The second-order valence-corrected chi connectivity index (χ2v) is 10.7. The summed E-state index contributed by atoms with van der Waals surface area (Å²) >= 11 is 3.55. The minimum atomic E-state index is -0.0882. The van der Waals surface area contributed by atoms with Gasteiger partial charge in [-0.1, -0.05) is 52.8 Å². The monoisotopic (exact) mass is 484 g/mol. The second-order valence-electron chi connectivity index (χ2n) is 9.87. The smallest absolute Gasteiger partial charge is 0.283 e. The molecule has 2 heterocycles. The summed E-state index contributed by atoms with van der Waals surface area (Å²) in [5, 5.41) is 9.31. The topological polar surface area (TPSA) is 62.7 Å². The van der Waals surface area contributed by atoms with E-state index in [4.69, 9.17) is 0 Å². The lowest BCUT2D eigenvalue weighted by atomic mass is 9.58. The largest absolute Gasteiger partial charge is 0.380 e. The van der Waals surface area contributed by atoms with E-state index in [1.54, 1.807) is 10.9 Å². The first kappa shape index (κ1) is 22.1. The molecule has 0 spiro atoms. The van der Waals surface area contributed by atoms with E-state index < -0.39 is 0 Å². The number of fused-ring (bicyclic) bond motifs is 1. The van der Waals surface area contributed by atoms with Gasteiger partial charge in [0.25, 0.3) is 5.56 Å². The van der Waals surface area contributed by atoms with Crippen molar-refractivity contribution in [1.82, 2.24) is 14.8 Å². The zero-order valence-corrected chi connectivity index (χ0v) is 20.7. The van der Waals surface area contributed by atoms with E-state index in [0.717, 1.165) is 24.0 Å². The normalized spacial score (nSPS) is 25.6. The Balaban J connectivity index is 1.49. The standard InChI is InChI=1S/C25H33BrN4O/c1-15-12-21(16(2)17(3)25(15,4)5)29-22-14-28-30(24(31)23(22)26)11-10-18-13-27-20-9-7-6-8-19(18)20/h6-9,13-17,21,27,29H,10-12H2,1-5H3/t15-,16+,17+,21+/m0/s1. The number of benzene rings is 1. The molecule has 3 aromatic rings. The zero-order chi connectivity index (χ0) is 22.3. The molecule has 0 bridgehead atoms. The number of aromatic amines is 1. The van der Waals surface area contributed by atoms with Gasteiger partial charge in [-0.3, -0.25) is 4.79 Å². The average molecular weight is 485 g/mol. The Morgan fingerprint density at radius 3 is 2.77 bits per heavy atom. The van der Waals surface area contributed by atoms with Gasteiger partial charge in [0.15, 0.2) is 0 Å². The summed E-state index contributed by atoms with van der Waals surface area (Å²) in [6, 6.07) is 8.56. The van der Waals surface area contributed by atoms with Gasteiger partial charge in [-0.25, -0.2) is 4.68 Å². The number of para-hydroxylation sites is 1. The highest BCUT2D eigenvalue weighted by molar-refractivity contribution is 9.10. The van der Waals surface area contributed by atoms with Crippen molar-refractivity contribution < 1.29 is 0 Å². The summed E-state index contributed by atoms with van der Waals surface area (Å²) in [7, 11) is 0. The highest BCUT2D eigenvalue weighted by atomic mass is 79.9. The summed E-state index contributed by atoms with van der Waals surface area (Å²) in [5.41, 5.74) is 3.34. The van der Waals surface area contributed by atoms with Gasteiger partial charge in [-0.05, 0) is 63.6 Å². The van der Waals surface area contributed by atoms with Crippen LogP contribution in [0.4, 0.5) is 5.69 Å². The molecule has 6 heteroatoms. The van der Waals surface area contributed by atoms with Gasteiger partial charge in [-0.2, -0.15) is 5.10 Å². The molecule has 0 unspecified atom stereocenters. The van der Waals surface area contributed by atoms with Crippen LogP contribution in [0.25, 0.3) is 10.9 Å². The molecule has 2 aromatic heterocycles. The van der Waals surface area contributed by atoms with Crippen molar-refractivity contribution in [2.75, 3.05) is 5.32 Å². The van der Waals surface area contributed by atoms with Gasteiger partial charge >= 0.3 is 0 Å². The third-order valence-electron chi connectivity index (χ3n) is 8.07. The van der Waals surface area contributed by atoms with E-state index in [1.807, 2.05) is 18.3 Å². The number of halogens is 1. The maximum Gasteiger partial charge on any atom is 0.283 e. The third-order valence-corrected chi connectivity index (χ3v) is 8.83. The summed E-state index contributed by atoms with van der Waals surface area (Å²) in [4.78, 5) is 16.3. The first-order valence-electron chi connectivity index (χ1n) is 11.3. The number of rotatable bonds is 5. The van der Waals surface area contributed by atoms with Crippen molar-refractivity contribution in [3.63, 3.8) is 0 Å². The van der Waals surface area contributed by atoms with E-state index in [9.17, 15) is 4.79 Å². The van der Waals surface area contributed by atoms with E-state index in [0.29, 0.717) is 40.2 Å². The predicted molar refractivity (Wildman–Crippen MR) is 132 cm³/mol. The van der Waals surface area contributed by atoms with Crippen molar-refractivity contribution in [3.05, 3.63) is 57.0 Å². The molecule has 5 nitrogen and oxygen atoms in total. The molecule has 166 valence electrons. The summed E-state index contributed by atoms with van der Waals surface area (Å²) in [6.45, 7) is 12.3. The first-order chi connectivity index (χ1) is 14.7. The number of hydrogen-bond acceptors (Lipinski definition) is 3. The molecule has 1 aliphatic rings. The number of hydrogen-bond donors (Lipinski definition) is 2. The number of aryl methyl sites for hydroxylation is 2. The zero-order valence-electron chi connectivity index (χ0n) is 19.1. The molecule has 1 fully saturated rings. The van der Waals surface area contributed by atoms with Crippen molar-refractivity contribution in [2.45, 2.75) is 60.0 Å². The SMILES string of the molecule is C[C@@H]1[C@@H](C)C(C)(C)[C@@H](C)C[C@H]1Nc1cnn(CCc2c[nH]c3ccccc23)c(=O)c1Br. The van der Waals surface area contributed by atoms with Gasteiger partial charge in [0.1, 0.15) is 4.47 Å². The third kappa shape index (κ3) is 4.07. The minimum absolute atomic E-state index is 0.0882. The summed E-state index contributed by atoms with van der Waals surface area (Å²) in [5.74, 6) is 1.72. The number of aromatic nitrogens is 3. The fourth-order valence-electron chi connectivity index (χ4n) is 5.05. The molecule has 1 saturated carbocycles. The summed E-state index contributed by atoms with van der Waals surface area (Å²) < 4.78 is 2.12. The minimum Gasteiger partial charge on any atom is -0.380 e. The van der Waals surface area contributed by atoms with Gasteiger partial charge in [0, 0.05) is 29.7 Å². The van der Waals surface area contributed by atoms with Crippen LogP contribution in [0.1, 0.15) is 46.6 Å². The molecule has 4 atom stereocenters. The molecule has 1 aliphatic carbocycles. The first-order valence-corrected chi connectivity index (χ1v) is 12.1. The maximum absolute atomic E-state index is 13.0. The Morgan fingerprint density at radius 2 is 2.00 bits per heavy atom. The molecule has 1 aromatic carbocycles. The molecule has 31 heavy (non-hydrogen) atoms. The quantitative estimate of drug-likeness (QED) is 0.477. The lowest BCUT2D eigenvalue weighted by Crippen LogP contribution is -2.48. The van der Waals surface area contributed by atoms with Crippen molar-refractivity contribution in [1.29, 1.82) is 0 Å². The van der Waals surface area contributed by atoms with Gasteiger partial charge in [-0.15, -0.1) is 0 Å². The van der Waals surface area contributed by atoms with Crippen molar-refractivity contribution in [2.24, 2.45) is 23.2 Å². The van der Waals surface area contributed by atoms with Crippen molar-refractivity contribution >= 4 is 32.5 Å². The fourth-order valence-corrected chi connectivity index (χ4v) is 5.48. The van der Waals surface area contributed by atoms with Crippen LogP contribution in [-0.4, -0.2) is 20.8 Å². The van der Waals surface area contributed by atoms with E-state index in [1.165, 1.54) is 10.9 Å². The fraction of sp³-hybridized carbons (Fsp3) is 0.520. The van der Waals surface area contributed by atoms with Crippen LogP contribution in [0.3, 0.4) is 0 Å². The lowest BCUT2D eigenvalue weighted by Gasteiger charge is -2.50. The lowest BCUT2D eigenvalue weighted by molar-refractivity contribution is 0.0316. The number of nitrogens with zero attached hydrogens (tertiary/aromatic N) is 2. The van der Waals surface area contributed by atoms with Crippen LogP contribution >= 0.6 is 15.9 Å². The molecule has 4 rings (SSSR count). The Hall–Kier alpha value is -2.08. The molecule has 2 N–H and O–H groups in total. The van der Waals surface area contributed by atoms with Gasteiger partial charge < -0.3 is 10.3 Å². The van der Waals surface area contributed by atoms with E-state index in [2.05, 4.69) is 78.1 Å². The number of anilines is 1. The molecule has 0 aliphatic heterocycles. The second kappa shape index (κ2) is 8.45. The molecular weight excluding hydrogens is 452 g/mol. The molecular formula is C25H33BrN4O. The Morgan fingerprint density at radius 1 is 1.26 bits per heavy atom. The molecule has 0 radical (unpaired) electrons. The highest BCUT2D eigenvalue weighted by Gasteiger charge is 2.43. The van der Waals surface area contributed by atoms with Gasteiger partial charge in [0.2, 0.25) is 0 Å². The van der Waals surface area contributed by atoms with Crippen LogP contribution in [0, 0.1) is 23.2 Å². The van der Waals surface area contributed by atoms with Gasteiger partial charge in [0.05, 0.1) is 11.9 Å². The number of H-pyrrole nitrogens is 1. The maximum atomic E-state index is 13.0. The molecule has 0 amide bonds. The van der Waals surface area contributed by atoms with Crippen LogP contribution in [0.15, 0.2) is 45.9 Å². The molecule has 0 saturated heterocycles. The van der Waals surface area contributed by atoms with Crippen LogP contribution < -0.4 is 10.9 Å². The van der Waals surface area contributed by atoms with Crippen LogP contribution in [-0.2, 0) is 13.0 Å². The van der Waals surface area contributed by atoms with E-state index in [-0.39, 0.29) is 5.56 Å². The highest BCUT2D eigenvalue weighted by Crippen LogP contribution is 2.48.